The molecular formula is C17H26N2O2. The lowest BCUT2D eigenvalue weighted by molar-refractivity contribution is 0.238. The standard InChI is InChI=1S/C17H26N2O2/c1-21-16-9-5-8-15(12-16)13-19-17(20)18-11-10-14-6-3-2-4-7-14/h5,8-9,12,14H,2-4,6-7,10-11,13H2,1H3,(H2,18,19,20). The van der Waals surface area contributed by atoms with E-state index >= 15 is 0 Å². The van der Waals surface area contributed by atoms with Crippen LogP contribution in [0.1, 0.15) is 44.1 Å². The van der Waals surface area contributed by atoms with E-state index in [0.29, 0.717) is 6.54 Å². The summed E-state index contributed by atoms with van der Waals surface area (Å²) in [4.78, 5) is 11.8. The molecule has 1 aliphatic carbocycles. The average molecular weight is 290 g/mol. The number of hydrogen-bond donors (Lipinski definition) is 2. The van der Waals surface area contributed by atoms with Gasteiger partial charge in [-0.3, -0.25) is 0 Å². The van der Waals surface area contributed by atoms with E-state index in [1.807, 2.05) is 24.3 Å². The van der Waals surface area contributed by atoms with Gasteiger partial charge in [-0.2, -0.15) is 0 Å². The highest BCUT2D eigenvalue weighted by Gasteiger charge is 2.13. The van der Waals surface area contributed by atoms with Crippen LogP contribution in [0, 0.1) is 5.92 Å². The van der Waals surface area contributed by atoms with E-state index in [1.54, 1.807) is 7.11 Å². The smallest absolute Gasteiger partial charge is 0.315 e. The molecule has 0 bridgehead atoms. The Morgan fingerprint density at radius 1 is 1.24 bits per heavy atom. The molecule has 0 heterocycles. The summed E-state index contributed by atoms with van der Waals surface area (Å²) in [7, 11) is 1.64. The second-order valence-electron chi connectivity index (χ2n) is 5.75. The van der Waals surface area contributed by atoms with E-state index < -0.39 is 0 Å². The van der Waals surface area contributed by atoms with Crippen molar-refractivity contribution in [1.82, 2.24) is 10.6 Å². The van der Waals surface area contributed by atoms with Gasteiger partial charge in [0.05, 0.1) is 7.11 Å². The quantitative estimate of drug-likeness (QED) is 0.843. The number of amides is 2. The fourth-order valence-corrected chi connectivity index (χ4v) is 2.89. The topological polar surface area (TPSA) is 50.4 Å². The Bertz CT molecular complexity index is 442. The number of methoxy groups -OCH3 is 1. The molecule has 116 valence electrons. The van der Waals surface area contributed by atoms with Gasteiger partial charge in [0.2, 0.25) is 0 Å². The zero-order valence-electron chi connectivity index (χ0n) is 12.9. The molecule has 4 heteroatoms. The van der Waals surface area contributed by atoms with Gasteiger partial charge in [0.15, 0.2) is 0 Å². The highest BCUT2D eigenvalue weighted by atomic mass is 16.5. The van der Waals surface area contributed by atoms with Crippen molar-refractivity contribution in [2.45, 2.75) is 45.1 Å². The first-order valence-corrected chi connectivity index (χ1v) is 7.92. The van der Waals surface area contributed by atoms with Crippen LogP contribution in [0.2, 0.25) is 0 Å². The van der Waals surface area contributed by atoms with Gasteiger partial charge in [0.25, 0.3) is 0 Å². The van der Waals surface area contributed by atoms with Crippen molar-refractivity contribution < 1.29 is 9.53 Å². The summed E-state index contributed by atoms with van der Waals surface area (Å²) < 4.78 is 5.17. The third kappa shape index (κ3) is 5.66. The summed E-state index contributed by atoms with van der Waals surface area (Å²) in [5, 5.41) is 5.83. The maximum atomic E-state index is 11.8. The molecule has 1 aliphatic rings. The second-order valence-corrected chi connectivity index (χ2v) is 5.75. The third-order valence-corrected chi connectivity index (χ3v) is 4.15. The molecule has 0 radical (unpaired) electrons. The maximum Gasteiger partial charge on any atom is 0.315 e. The molecule has 0 saturated heterocycles. The fourth-order valence-electron chi connectivity index (χ4n) is 2.89. The predicted molar refractivity (Wildman–Crippen MR) is 84.4 cm³/mol. The molecule has 2 rings (SSSR count). The van der Waals surface area contributed by atoms with Crippen molar-refractivity contribution in [2.24, 2.45) is 5.92 Å². The number of nitrogens with one attached hydrogen (secondary N) is 2. The van der Waals surface area contributed by atoms with Crippen LogP contribution in [0.3, 0.4) is 0 Å². The Kier molecular flexibility index (Phi) is 6.38. The first-order valence-electron chi connectivity index (χ1n) is 7.92. The summed E-state index contributed by atoms with van der Waals surface area (Å²) in [6.07, 6.45) is 7.84. The molecule has 2 amide bonds. The first kappa shape index (κ1) is 15.7. The summed E-state index contributed by atoms with van der Waals surface area (Å²) in [6, 6.07) is 7.64. The zero-order valence-corrected chi connectivity index (χ0v) is 12.9. The molecule has 1 saturated carbocycles. The number of carbonyl (C=O) groups is 1. The van der Waals surface area contributed by atoms with Crippen molar-refractivity contribution in [3.05, 3.63) is 29.8 Å². The number of carbonyl (C=O) groups excluding carboxylic acids is 1. The Balaban J connectivity index is 1.62. The molecule has 1 fully saturated rings. The number of urea groups is 1. The van der Waals surface area contributed by atoms with Crippen LogP contribution in [0.5, 0.6) is 5.75 Å². The molecule has 1 aromatic rings. The number of rotatable bonds is 6. The zero-order chi connectivity index (χ0) is 14.9. The van der Waals surface area contributed by atoms with Gasteiger partial charge in [-0.25, -0.2) is 4.79 Å². The minimum Gasteiger partial charge on any atom is -0.497 e. The fraction of sp³-hybridized carbons (Fsp3) is 0.588. The Morgan fingerprint density at radius 2 is 2.05 bits per heavy atom. The number of benzene rings is 1. The molecule has 0 aromatic heterocycles. The highest BCUT2D eigenvalue weighted by molar-refractivity contribution is 5.73. The Hall–Kier alpha value is -1.71. The van der Waals surface area contributed by atoms with Crippen molar-refractivity contribution in [1.29, 1.82) is 0 Å². The van der Waals surface area contributed by atoms with Gasteiger partial charge < -0.3 is 15.4 Å². The summed E-state index contributed by atoms with van der Waals surface area (Å²) >= 11 is 0. The van der Waals surface area contributed by atoms with E-state index in [9.17, 15) is 4.79 Å². The van der Waals surface area contributed by atoms with Crippen molar-refractivity contribution in [2.75, 3.05) is 13.7 Å². The van der Waals surface area contributed by atoms with Crippen LogP contribution in [-0.2, 0) is 6.54 Å². The van der Waals surface area contributed by atoms with Crippen LogP contribution >= 0.6 is 0 Å². The van der Waals surface area contributed by atoms with E-state index in [-0.39, 0.29) is 6.03 Å². The third-order valence-electron chi connectivity index (χ3n) is 4.15. The molecule has 4 nitrogen and oxygen atoms in total. The Labute approximate surface area is 127 Å². The summed E-state index contributed by atoms with van der Waals surface area (Å²) in [5.74, 6) is 1.62. The Morgan fingerprint density at radius 3 is 2.81 bits per heavy atom. The van der Waals surface area contributed by atoms with Crippen molar-refractivity contribution in [3.63, 3.8) is 0 Å². The lowest BCUT2D eigenvalue weighted by Crippen LogP contribution is -2.36. The second kappa shape index (κ2) is 8.55. The highest BCUT2D eigenvalue weighted by Crippen LogP contribution is 2.25. The SMILES string of the molecule is COc1cccc(CNC(=O)NCCC2CCCCC2)c1. The van der Waals surface area contributed by atoms with Crippen molar-refractivity contribution >= 4 is 6.03 Å². The molecule has 0 atom stereocenters. The van der Waals surface area contributed by atoms with Gasteiger partial charge in [-0.1, -0.05) is 44.2 Å². The number of hydrogen-bond acceptors (Lipinski definition) is 2. The van der Waals surface area contributed by atoms with E-state index in [2.05, 4.69) is 10.6 Å². The lowest BCUT2D eigenvalue weighted by Gasteiger charge is -2.21. The van der Waals surface area contributed by atoms with Crippen LogP contribution in [0.25, 0.3) is 0 Å². The molecule has 0 unspecified atom stereocenters. The molecule has 0 spiro atoms. The van der Waals surface area contributed by atoms with Gasteiger partial charge in [0, 0.05) is 13.1 Å². The van der Waals surface area contributed by atoms with E-state index in [4.69, 9.17) is 4.74 Å². The molecule has 2 N–H and O–H groups in total. The largest absolute Gasteiger partial charge is 0.497 e. The minimum absolute atomic E-state index is 0.0892. The minimum atomic E-state index is -0.0892. The summed E-state index contributed by atoms with van der Waals surface area (Å²) in [6.45, 7) is 1.29. The van der Waals surface area contributed by atoms with E-state index in [1.165, 1.54) is 32.1 Å². The first-order chi connectivity index (χ1) is 10.3. The van der Waals surface area contributed by atoms with Gasteiger partial charge in [-0.15, -0.1) is 0 Å². The molecule has 0 aliphatic heterocycles. The van der Waals surface area contributed by atoms with Crippen LogP contribution < -0.4 is 15.4 Å². The molecule has 1 aromatic carbocycles. The monoisotopic (exact) mass is 290 g/mol. The number of ether oxygens (including phenoxy) is 1. The van der Waals surface area contributed by atoms with Gasteiger partial charge in [-0.05, 0) is 30.0 Å². The van der Waals surface area contributed by atoms with Crippen LogP contribution in [0.4, 0.5) is 4.79 Å². The summed E-state index contributed by atoms with van der Waals surface area (Å²) in [5.41, 5.74) is 1.04. The van der Waals surface area contributed by atoms with Crippen molar-refractivity contribution in [3.8, 4) is 5.75 Å². The van der Waals surface area contributed by atoms with Crippen LogP contribution in [-0.4, -0.2) is 19.7 Å². The maximum absolute atomic E-state index is 11.8. The predicted octanol–water partition coefficient (Wildman–Crippen LogP) is 3.46. The van der Waals surface area contributed by atoms with Crippen LogP contribution in [0.15, 0.2) is 24.3 Å². The normalized spacial score (nSPS) is 15.5. The molecular weight excluding hydrogens is 264 g/mol. The average Bonchev–Trinajstić information content (AvgIpc) is 2.54. The lowest BCUT2D eigenvalue weighted by atomic mass is 9.87. The van der Waals surface area contributed by atoms with Gasteiger partial charge >= 0.3 is 6.03 Å². The van der Waals surface area contributed by atoms with Gasteiger partial charge in [0.1, 0.15) is 5.75 Å². The van der Waals surface area contributed by atoms with E-state index in [0.717, 1.165) is 30.2 Å². The molecule has 21 heavy (non-hydrogen) atoms.